The fraction of sp³-hybridized carbons (Fsp3) is 0.389. The van der Waals surface area contributed by atoms with Gasteiger partial charge in [0.25, 0.3) is 0 Å². The van der Waals surface area contributed by atoms with Gasteiger partial charge in [0, 0.05) is 36.1 Å². The van der Waals surface area contributed by atoms with Crippen LogP contribution in [0.25, 0.3) is 11.1 Å². The first-order chi connectivity index (χ1) is 11.2. The molecular weight excluding hydrogens is 293 g/mol. The molecule has 1 atom stereocenters. The quantitative estimate of drug-likeness (QED) is 0.925. The zero-order valence-corrected chi connectivity index (χ0v) is 12.9. The van der Waals surface area contributed by atoms with Gasteiger partial charge in [0.05, 0.1) is 0 Å². The van der Waals surface area contributed by atoms with Crippen LogP contribution in [0.1, 0.15) is 12.8 Å². The van der Waals surface area contributed by atoms with Crippen LogP contribution in [-0.2, 0) is 0 Å². The molecule has 1 aromatic heterocycles. The summed E-state index contributed by atoms with van der Waals surface area (Å²) in [6.07, 6.45) is 5.71. The standard InChI is InChI=1S/C18H20FN3O/c19-16-4-2-1-3-15(16)14-7-10-22(11-14)18(23)20-17-12-21-8-5-13(17)6-9-21/h1-4,7,10-11,13,17H,5-6,8-9,12H2,(H,20,23)/t17-/m0/s1. The van der Waals surface area contributed by atoms with Gasteiger partial charge in [-0.1, -0.05) is 18.2 Å². The third-order valence-electron chi connectivity index (χ3n) is 5.08. The van der Waals surface area contributed by atoms with Crippen LogP contribution >= 0.6 is 0 Å². The van der Waals surface area contributed by atoms with Crippen molar-refractivity contribution in [2.45, 2.75) is 18.9 Å². The third kappa shape index (κ3) is 2.77. The molecule has 3 aliphatic rings. The molecule has 0 saturated carbocycles. The number of rotatable bonds is 2. The molecule has 4 heterocycles. The molecule has 5 heteroatoms. The van der Waals surface area contributed by atoms with E-state index in [9.17, 15) is 9.18 Å². The molecule has 0 radical (unpaired) electrons. The molecule has 3 saturated heterocycles. The Labute approximate surface area is 134 Å². The van der Waals surface area contributed by atoms with Crippen molar-refractivity contribution < 1.29 is 9.18 Å². The largest absolute Gasteiger partial charge is 0.333 e. The number of hydrogen-bond acceptors (Lipinski definition) is 2. The first kappa shape index (κ1) is 14.5. The van der Waals surface area contributed by atoms with Crippen molar-refractivity contribution in [2.75, 3.05) is 19.6 Å². The fourth-order valence-corrected chi connectivity index (χ4v) is 3.74. The van der Waals surface area contributed by atoms with Gasteiger partial charge in [-0.2, -0.15) is 0 Å². The maximum absolute atomic E-state index is 13.8. The molecule has 5 rings (SSSR count). The SMILES string of the molecule is O=C(N[C@H]1CN2CCC1CC2)n1ccc(-c2ccccc2F)c1. The smallest absolute Gasteiger partial charge is 0.325 e. The molecule has 120 valence electrons. The summed E-state index contributed by atoms with van der Waals surface area (Å²) in [6.45, 7) is 3.24. The maximum atomic E-state index is 13.8. The molecule has 1 amide bonds. The highest BCUT2D eigenvalue weighted by Gasteiger charge is 2.34. The van der Waals surface area contributed by atoms with Gasteiger partial charge in [-0.3, -0.25) is 4.57 Å². The molecule has 0 spiro atoms. The Bertz CT molecular complexity index is 719. The summed E-state index contributed by atoms with van der Waals surface area (Å²) in [4.78, 5) is 14.9. The summed E-state index contributed by atoms with van der Waals surface area (Å²) >= 11 is 0. The molecule has 23 heavy (non-hydrogen) atoms. The number of aromatic nitrogens is 1. The van der Waals surface area contributed by atoms with Crippen LogP contribution in [0.2, 0.25) is 0 Å². The highest BCUT2D eigenvalue weighted by atomic mass is 19.1. The Morgan fingerprint density at radius 3 is 2.65 bits per heavy atom. The average Bonchev–Trinajstić information content (AvgIpc) is 3.06. The molecular formula is C18H20FN3O. The van der Waals surface area contributed by atoms with Crippen molar-refractivity contribution >= 4 is 6.03 Å². The summed E-state index contributed by atoms with van der Waals surface area (Å²) < 4.78 is 15.4. The lowest BCUT2D eigenvalue weighted by Gasteiger charge is -2.44. The van der Waals surface area contributed by atoms with Gasteiger partial charge < -0.3 is 10.2 Å². The number of hydrogen-bond donors (Lipinski definition) is 1. The molecule has 1 aromatic carbocycles. The first-order valence-electron chi connectivity index (χ1n) is 8.17. The minimum Gasteiger partial charge on any atom is -0.333 e. The summed E-state index contributed by atoms with van der Waals surface area (Å²) in [5.74, 6) is 0.314. The predicted molar refractivity (Wildman–Crippen MR) is 86.7 cm³/mol. The van der Waals surface area contributed by atoms with Gasteiger partial charge in [-0.15, -0.1) is 0 Å². The van der Waals surface area contributed by atoms with Crippen LogP contribution in [0, 0.1) is 11.7 Å². The Kier molecular flexibility index (Phi) is 3.65. The second-order valence-corrected chi connectivity index (χ2v) is 6.48. The lowest BCUT2D eigenvalue weighted by atomic mass is 9.84. The number of halogens is 1. The zero-order chi connectivity index (χ0) is 15.8. The van der Waals surface area contributed by atoms with Gasteiger partial charge in [0.15, 0.2) is 0 Å². The monoisotopic (exact) mass is 313 g/mol. The Balaban J connectivity index is 1.48. The van der Waals surface area contributed by atoms with E-state index in [2.05, 4.69) is 10.2 Å². The third-order valence-corrected chi connectivity index (χ3v) is 5.08. The van der Waals surface area contributed by atoms with Gasteiger partial charge in [0.2, 0.25) is 0 Å². The van der Waals surface area contributed by atoms with E-state index >= 15 is 0 Å². The topological polar surface area (TPSA) is 37.3 Å². The highest BCUT2D eigenvalue weighted by molar-refractivity contribution is 5.79. The number of fused-ring (bicyclic) bond motifs is 3. The van der Waals surface area contributed by atoms with Crippen LogP contribution in [0.4, 0.5) is 9.18 Å². The summed E-state index contributed by atoms with van der Waals surface area (Å²) in [5, 5.41) is 3.13. The van der Waals surface area contributed by atoms with E-state index in [1.165, 1.54) is 10.6 Å². The van der Waals surface area contributed by atoms with Gasteiger partial charge in [-0.05, 0) is 44.0 Å². The Morgan fingerprint density at radius 1 is 1.17 bits per heavy atom. The maximum Gasteiger partial charge on any atom is 0.325 e. The van der Waals surface area contributed by atoms with Gasteiger partial charge >= 0.3 is 6.03 Å². The minimum absolute atomic E-state index is 0.133. The minimum atomic E-state index is -0.275. The Morgan fingerprint density at radius 2 is 1.96 bits per heavy atom. The molecule has 3 fully saturated rings. The number of carbonyl (C=O) groups excluding carboxylic acids is 1. The van der Waals surface area contributed by atoms with E-state index in [4.69, 9.17) is 0 Å². The van der Waals surface area contributed by atoms with Crippen molar-refractivity contribution in [1.29, 1.82) is 0 Å². The predicted octanol–water partition coefficient (Wildman–Crippen LogP) is 2.95. The fourth-order valence-electron chi connectivity index (χ4n) is 3.74. The van der Waals surface area contributed by atoms with Crippen molar-refractivity contribution in [3.8, 4) is 11.1 Å². The van der Waals surface area contributed by atoms with Crippen molar-refractivity contribution in [3.05, 3.63) is 48.5 Å². The highest BCUT2D eigenvalue weighted by Crippen LogP contribution is 2.28. The Hall–Kier alpha value is -2.14. The molecule has 0 unspecified atom stereocenters. The molecule has 2 aromatic rings. The summed E-state index contributed by atoms with van der Waals surface area (Å²) in [6, 6.07) is 8.48. The molecule has 3 aliphatic heterocycles. The van der Waals surface area contributed by atoms with E-state index < -0.39 is 0 Å². The lowest BCUT2D eigenvalue weighted by molar-refractivity contribution is 0.0767. The normalized spacial score (nSPS) is 26.2. The van der Waals surface area contributed by atoms with Crippen LogP contribution in [-0.4, -0.2) is 41.2 Å². The van der Waals surface area contributed by atoms with E-state index in [-0.39, 0.29) is 17.9 Å². The molecule has 1 N–H and O–H groups in total. The average molecular weight is 313 g/mol. The van der Waals surface area contributed by atoms with Crippen LogP contribution in [0.3, 0.4) is 0 Å². The van der Waals surface area contributed by atoms with Crippen molar-refractivity contribution in [2.24, 2.45) is 5.92 Å². The van der Waals surface area contributed by atoms with Gasteiger partial charge in [0.1, 0.15) is 5.82 Å². The number of benzene rings is 1. The van der Waals surface area contributed by atoms with E-state index in [1.54, 1.807) is 36.7 Å². The second kappa shape index (κ2) is 5.81. The summed E-state index contributed by atoms with van der Waals surface area (Å²) in [5.41, 5.74) is 1.23. The van der Waals surface area contributed by atoms with E-state index in [1.807, 2.05) is 0 Å². The number of nitrogens with zero attached hydrogens (tertiary/aromatic N) is 2. The lowest BCUT2D eigenvalue weighted by Crippen LogP contribution is -2.57. The van der Waals surface area contributed by atoms with Crippen molar-refractivity contribution in [3.63, 3.8) is 0 Å². The van der Waals surface area contributed by atoms with Crippen molar-refractivity contribution in [1.82, 2.24) is 14.8 Å². The molecule has 4 nitrogen and oxygen atoms in total. The summed E-state index contributed by atoms with van der Waals surface area (Å²) in [7, 11) is 0. The molecule has 2 bridgehead atoms. The molecule has 0 aliphatic carbocycles. The van der Waals surface area contributed by atoms with Crippen LogP contribution in [0.5, 0.6) is 0 Å². The van der Waals surface area contributed by atoms with Crippen LogP contribution < -0.4 is 5.32 Å². The number of carbonyl (C=O) groups is 1. The van der Waals surface area contributed by atoms with E-state index in [0.29, 0.717) is 17.0 Å². The number of amides is 1. The first-order valence-corrected chi connectivity index (χ1v) is 8.17. The van der Waals surface area contributed by atoms with E-state index in [0.717, 1.165) is 32.5 Å². The second-order valence-electron chi connectivity index (χ2n) is 6.48. The van der Waals surface area contributed by atoms with Gasteiger partial charge in [-0.25, -0.2) is 9.18 Å². The number of piperidine rings is 3. The zero-order valence-electron chi connectivity index (χ0n) is 12.9. The number of nitrogens with one attached hydrogen (secondary N) is 1. The van der Waals surface area contributed by atoms with Crippen LogP contribution in [0.15, 0.2) is 42.7 Å².